The summed E-state index contributed by atoms with van der Waals surface area (Å²) in [6, 6.07) is 9.23. The van der Waals surface area contributed by atoms with Gasteiger partial charge in [-0.05, 0) is 44.6 Å². The number of methoxy groups -OCH3 is 1. The molecule has 24 heavy (non-hydrogen) atoms. The molecule has 0 unspecified atom stereocenters. The van der Waals surface area contributed by atoms with Crippen LogP contribution in [0.2, 0.25) is 0 Å². The van der Waals surface area contributed by atoms with Crippen molar-refractivity contribution in [3.63, 3.8) is 0 Å². The highest BCUT2D eigenvalue weighted by atomic mass is 16.5. The molecule has 1 aliphatic carbocycles. The molecular formula is C20H34N2O2. The van der Waals surface area contributed by atoms with Crippen LogP contribution in [0.4, 0.5) is 0 Å². The summed E-state index contributed by atoms with van der Waals surface area (Å²) >= 11 is 0. The second kappa shape index (κ2) is 7.85. The zero-order valence-corrected chi connectivity index (χ0v) is 16.3. The van der Waals surface area contributed by atoms with Crippen LogP contribution < -0.4 is 10.1 Å². The van der Waals surface area contributed by atoms with E-state index < -0.39 is 0 Å². The van der Waals surface area contributed by atoms with Gasteiger partial charge in [-0.1, -0.05) is 32.9 Å². The molecule has 0 heterocycles. The van der Waals surface area contributed by atoms with Crippen molar-refractivity contribution in [1.29, 1.82) is 0 Å². The van der Waals surface area contributed by atoms with E-state index >= 15 is 0 Å². The lowest BCUT2D eigenvalue weighted by molar-refractivity contribution is -0.147. The summed E-state index contributed by atoms with van der Waals surface area (Å²) in [6.07, 6.45) is 0.328. The highest BCUT2D eigenvalue weighted by molar-refractivity contribution is 5.29. The van der Waals surface area contributed by atoms with Crippen LogP contribution in [0, 0.1) is 11.3 Å². The third kappa shape index (κ3) is 4.11. The number of nitrogens with zero attached hydrogens (tertiary/aromatic N) is 1. The van der Waals surface area contributed by atoms with E-state index in [0.717, 1.165) is 12.3 Å². The van der Waals surface area contributed by atoms with Gasteiger partial charge in [0.25, 0.3) is 0 Å². The average molecular weight is 335 g/mol. The van der Waals surface area contributed by atoms with E-state index in [9.17, 15) is 0 Å². The number of ether oxygens (including phenoxy) is 2. The number of hydrogen-bond donors (Lipinski definition) is 1. The Kier molecular flexibility index (Phi) is 6.29. The standard InChI is InChI=1S/C20H34N2O2/c1-14-18(20(3,4)19(14)23-7)21-15(2)16-8-10-17(11-9-16)24-13-12-22(5)6/h8-11,14-15,18-19,21H,12-13H2,1-7H3/t14-,15+,18-,19-/m1/s1. The summed E-state index contributed by atoms with van der Waals surface area (Å²) in [5.41, 5.74) is 1.45. The molecule has 2 rings (SSSR count). The van der Waals surface area contributed by atoms with Crippen LogP contribution in [-0.4, -0.2) is 51.4 Å². The number of likely N-dealkylation sites (N-methyl/N-ethyl adjacent to an activating group) is 1. The zero-order chi connectivity index (χ0) is 17.9. The maximum Gasteiger partial charge on any atom is 0.119 e. The Labute approximate surface area is 147 Å². The molecule has 0 bridgehead atoms. The van der Waals surface area contributed by atoms with Crippen molar-refractivity contribution in [3.8, 4) is 5.75 Å². The Balaban J connectivity index is 1.90. The molecule has 0 amide bonds. The van der Waals surface area contributed by atoms with Gasteiger partial charge in [-0.2, -0.15) is 0 Å². The molecule has 0 radical (unpaired) electrons. The third-order valence-electron chi connectivity index (χ3n) is 5.41. The van der Waals surface area contributed by atoms with Crippen molar-refractivity contribution in [2.45, 2.75) is 45.9 Å². The van der Waals surface area contributed by atoms with Crippen molar-refractivity contribution in [2.24, 2.45) is 11.3 Å². The van der Waals surface area contributed by atoms with E-state index in [2.05, 4.69) is 76.3 Å². The lowest BCUT2D eigenvalue weighted by atomic mass is 9.57. The molecule has 4 heteroatoms. The highest BCUT2D eigenvalue weighted by Crippen LogP contribution is 2.47. The van der Waals surface area contributed by atoms with E-state index in [1.807, 2.05) is 7.11 Å². The minimum Gasteiger partial charge on any atom is -0.492 e. The highest BCUT2D eigenvalue weighted by Gasteiger charge is 2.54. The maximum absolute atomic E-state index is 5.77. The van der Waals surface area contributed by atoms with E-state index in [0.29, 0.717) is 30.7 Å². The van der Waals surface area contributed by atoms with Gasteiger partial charge in [-0.25, -0.2) is 0 Å². The van der Waals surface area contributed by atoms with E-state index in [4.69, 9.17) is 9.47 Å². The van der Waals surface area contributed by atoms with Crippen LogP contribution in [0.15, 0.2) is 24.3 Å². The molecule has 1 aliphatic rings. The van der Waals surface area contributed by atoms with Crippen molar-refractivity contribution in [3.05, 3.63) is 29.8 Å². The predicted octanol–water partition coefficient (Wildman–Crippen LogP) is 3.34. The van der Waals surface area contributed by atoms with Crippen molar-refractivity contribution in [1.82, 2.24) is 10.2 Å². The first kappa shape index (κ1) is 19.2. The van der Waals surface area contributed by atoms with Crippen LogP contribution in [0.3, 0.4) is 0 Å². The van der Waals surface area contributed by atoms with Crippen molar-refractivity contribution < 1.29 is 9.47 Å². The van der Waals surface area contributed by atoms with Crippen LogP contribution in [0.5, 0.6) is 5.75 Å². The Morgan fingerprint density at radius 1 is 1.21 bits per heavy atom. The van der Waals surface area contributed by atoms with Crippen LogP contribution in [-0.2, 0) is 4.74 Å². The summed E-state index contributed by atoms with van der Waals surface area (Å²) in [5, 5.41) is 3.79. The quantitative estimate of drug-likeness (QED) is 0.790. The molecule has 1 aromatic carbocycles. The van der Waals surface area contributed by atoms with Gasteiger partial charge >= 0.3 is 0 Å². The largest absolute Gasteiger partial charge is 0.492 e. The second-order valence-corrected chi connectivity index (χ2v) is 7.92. The Hall–Kier alpha value is -1.10. The molecule has 4 atom stereocenters. The molecule has 1 fully saturated rings. The smallest absolute Gasteiger partial charge is 0.119 e. The summed E-state index contributed by atoms with van der Waals surface area (Å²) in [5.74, 6) is 1.46. The first-order valence-electron chi connectivity index (χ1n) is 8.93. The van der Waals surface area contributed by atoms with Crippen LogP contribution in [0.25, 0.3) is 0 Å². The number of nitrogens with one attached hydrogen (secondary N) is 1. The lowest BCUT2D eigenvalue weighted by Gasteiger charge is -2.57. The maximum atomic E-state index is 5.77. The molecule has 0 spiro atoms. The SMILES string of the molecule is CO[C@@H]1[C@H](C)[C@@H](N[C@@H](C)c2ccc(OCCN(C)C)cc2)C1(C)C. The van der Waals surface area contributed by atoms with Crippen LogP contribution in [0.1, 0.15) is 39.3 Å². The molecule has 4 nitrogen and oxygen atoms in total. The molecule has 1 saturated carbocycles. The minimum atomic E-state index is 0.164. The summed E-state index contributed by atoms with van der Waals surface area (Å²) in [6.45, 7) is 10.7. The molecule has 1 N–H and O–H groups in total. The summed E-state index contributed by atoms with van der Waals surface area (Å²) in [7, 11) is 5.92. The fourth-order valence-electron chi connectivity index (χ4n) is 4.04. The molecule has 0 aromatic heterocycles. The van der Waals surface area contributed by atoms with Crippen LogP contribution >= 0.6 is 0 Å². The van der Waals surface area contributed by atoms with Gasteiger partial charge in [0.2, 0.25) is 0 Å². The van der Waals surface area contributed by atoms with Crippen molar-refractivity contribution in [2.75, 3.05) is 34.4 Å². The van der Waals surface area contributed by atoms with E-state index in [-0.39, 0.29) is 5.41 Å². The number of hydrogen-bond acceptors (Lipinski definition) is 4. The second-order valence-electron chi connectivity index (χ2n) is 7.92. The van der Waals surface area contributed by atoms with Gasteiger partial charge in [-0.15, -0.1) is 0 Å². The third-order valence-corrected chi connectivity index (χ3v) is 5.41. The Morgan fingerprint density at radius 2 is 1.83 bits per heavy atom. The summed E-state index contributed by atoms with van der Waals surface area (Å²) in [4.78, 5) is 2.12. The van der Waals surface area contributed by atoms with Gasteiger partial charge in [0.05, 0.1) is 6.10 Å². The van der Waals surface area contributed by atoms with Gasteiger partial charge in [0, 0.05) is 31.2 Å². The number of benzene rings is 1. The molecular weight excluding hydrogens is 300 g/mol. The lowest BCUT2D eigenvalue weighted by Crippen LogP contribution is -2.67. The molecule has 0 saturated heterocycles. The zero-order valence-electron chi connectivity index (χ0n) is 16.3. The first-order chi connectivity index (χ1) is 11.3. The molecule has 136 valence electrons. The minimum absolute atomic E-state index is 0.164. The van der Waals surface area contributed by atoms with Gasteiger partial charge < -0.3 is 19.7 Å². The topological polar surface area (TPSA) is 33.7 Å². The van der Waals surface area contributed by atoms with Gasteiger partial charge in [-0.3, -0.25) is 0 Å². The van der Waals surface area contributed by atoms with Gasteiger partial charge in [0.1, 0.15) is 12.4 Å². The Morgan fingerprint density at radius 3 is 2.33 bits per heavy atom. The fourth-order valence-corrected chi connectivity index (χ4v) is 4.04. The van der Waals surface area contributed by atoms with E-state index in [1.165, 1.54) is 5.56 Å². The van der Waals surface area contributed by atoms with Gasteiger partial charge in [0.15, 0.2) is 0 Å². The first-order valence-corrected chi connectivity index (χ1v) is 8.93. The fraction of sp³-hybridized carbons (Fsp3) is 0.700. The van der Waals surface area contributed by atoms with E-state index in [1.54, 1.807) is 0 Å². The monoisotopic (exact) mass is 334 g/mol. The normalized spacial score (nSPS) is 26.9. The predicted molar refractivity (Wildman–Crippen MR) is 99.6 cm³/mol. The molecule has 1 aromatic rings. The number of rotatable bonds is 8. The average Bonchev–Trinajstić information content (AvgIpc) is 2.53. The Bertz CT molecular complexity index is 513. The summed E-state index contributed by atoms with van der Waals surface area (Å²) < 4.78 is 11.4. The van der Waals surface area contributed by atoms with Crippen molar-refractivity contribution >= 4 is 0 Å². The molecule has 0 aliphatic heterocycles.